The summed E-state index contributed by atoms with van der Waals surface area (Å²) in [4.78, 5) is 24.2. The van der Waals surface area contributed by atoms with E-state index in [-0.39, 0.29) is 11.9 Å². The van der Waals surface area contributed by atoms with Crippen LogP contribution in [0, 0.1) is 11.3 Å². The molecule has 0 unspecified atom stereocenters. The van der Waals surface area contributed by atoms with Gasteiger partial charge in [0.15, 0.2) is 0 Å². The van der Waals surface area contributed by atoms with E-state index >= 15 is 0 Å². The molecule has 2 saturated heterocycles. The third kappa shape index (κ3) is 8.16. The molecule has 7 nitrogen and oxygen atoms in total. The molecule has 0 aliphatic carbocycles. The lowest BCUT2D eigenvalue weighted by Crippen LogP contribution is -2.45. The molecule has 3 heterocycles. The molecule has 1 aromatic heterocycles. The third-order valence-corrected chi connectivity index (χ3v) is 8.03. The molecule has 5 rings (SSSR count). The zero-order valence-corrected chi connectivity index (χ0v) is 23.5. The molecular formula is C32H35F3N6O. The molecule has 2 aliphatic heterocycles. The van der Waals surface area contributed by atoms with Gasteiger partial charge < -0.3 is 5.32 Å². The van der Waals surface area contributed by atoms with Crippen molar-refractivity contribution in [1.82, 2.24) is 25.0 Å². The van der Waals surface area contributed by atoms with Gasteiger partial charge in [0.1, 0.15) is 5.69 Å². The number of halogens is 3. The van der Waals surface area contributed by atoms with E-state index in [1.54, 1.807) is 24.4 Å². The lowest BCUT2D eigenvalue weighted by molar-refractivity contribution is -0.137. The Labute approximate surface area is 244 Å². The minimum Gasteiger partial charge on any atom is -0.348 e. The first-order valence-corrected chi connectivity index (χ1v) is 14.3. The van der Waals surface area contributed by atoms with E-state index in [1.165, 1.54) is 5.56 Å². The highest BCUT2D eigenvalue weighted by atomic mass is 19.4. The highest BCUT2D eigenvalue weighted by molar-refractivity contribution is 5.92. The Kier molecular flexibility index (Phi) is 9.52. The number of hydrogen-bond donors (Lipinski definition) is 1. The molecule has 0 saturated carbocycles. The van der Waals surface area contributed by atoms with E-state index < -0.39 is 11.7 Å². The van der Waals surface area contributed by atoms with Crippen LogP contribution in [-0.2, 0) is 25.8 Å². The predicted molar refractivity (Wildman–Crippen MR) is 153 cm³/mol. The number of pyridine rings is 1. The van der Waals surface area contributed by atoms with Gasteiger partial charge in [-0.1, -0.05) is 30.3 Å². The Morgan fingerprint density at radius 3 is 1.79 bits per heavy atom. The zero-order chi connectivity index (χ0) is 29.5. The van der Waals surface area contributed by atoms with Crippen molar-refractivity contribution in [1.29, 1.82) is 5.26 Å². The molecule has 2 aliphatic rings. The van der Waals surface area contributed by atoms with Crippen LogP contribution < -0.4 is 5.32 Å². The van der Waals surface area contributed by atoms with E-state index in [1.807, 2.05) is 30.3 Å². The molecule has 0 radical (unpaired) electrons. The molecule has 0 bridgehead atoms. The Hall–Kier alpha value is -3.78. The Bertz CT molecular complexity index is 1350. The molecule has 220 valence electrons. The van der Waals surface area contributed by atoms with Crippen LogP contribution in [-0.4, -0.2) is 70.9 Å². The largest absolute Gasteiger partial charge is 0.416 e. The van der Waals surface area contributed by atoms with E-state index in [0.717, 1.165) is 88.5 Å². The van der Waals surface area contributed by atoms with Crippen LogP contribution in [0.15, 0.2) is 66.9 Å². The fourth-order valence-corrected chi connectivity index (χ4v) is 5.51. The average molecular weight is 577 g/mol. The van der Waals surface area contributed by atoms with Gasteiger partial charge in [0.05, 0.1) is 17.2 Å². The number of aromatic nitrogens is 1. The van der Waals surface area contributed by atoms with Crippen molar-refractivity contribution in [3.05, 3.63) is 100 Å². The van der Waals surface area contributed by atoms with Crippen LogP contribution >= 0.6 is 0 Å². The number of rotatable bonds is 8. The molecule has 42 heavy (non-hydrogen) atoms. The van der Waals surface area contributed by atoms with Crippen molar-refractivity contribution in [2.45, 2.75) is 44.7 Å². The first-order valence-electron chi connectivity index (χ1n) is 14.3. The van der Waals surface area contributed by atoms with Gasteiger partial charge in [-0.3, -0.25) is 24.5 Å². The number of piperazine rings is 1. The van der Waals surface area contributed by atoms with Crippen LogP contribution in [0.4, 0.5) is 13.2 Å². The summed E-state index contributed by atoms with van der Waals surface area (Å²) in [5.41, 5.74) is 3.56. The van der Waals surface area contributed by atoms with E-state index in [4.69, 9.17) is 5.26 Å². The first-order chi connectivity index (χ1) is 20.2. The summed E-state index contributed by atoms with van der Waals surface area (Å²) >= 11 is 0. The van der Waals surface area contributed by atoms with Gasteiger partial charge in [-0.05, 0) is 59.9 Å². The highest BCUT2D eigenvalue weighted by Gasteiger charge is 2.30. The number of nitrogens with one attached hydrogen (secondary N) is 1. The summed E-state index contributed by atoms with van der Waals surface area (Å²) in [5.74, 6) is -0.149. The zero-order valence-electron chi connectivity index (χ0n) is 23.5. The van der Waals surface area contributed by atoms with Crippen molar-refractivity contribution in [2.24, 2.45) is 0 Å². The molecule has 0 spiro atoms. The summed E-state index contributed by atoms with van der Waals surface area (Å²) in [6, 6.07) is 19.1. The lowest BCUT2D eigenvalue weighted by Gasteiger charge is -2.34. The smallest absolute Gasteiger partial charge is 0.348 e. The standard InChI is InChI=1S/C32H35F3N6O/c33-32(34,35)28-8-5-26(6-9-28)22-40-15-17-41(18-16-40)23-27-7-10-30(37-20-27)31(42)38-29-11-13-39(14-12-29)21-25-3-1-24(19-36)2-4-25/h1-10,20,29H,11-18,21-23H2,(H,38,42). The van der Waals surface area contributed by atoms with Crippen molar-refractivity contribution in [3.8, 4) is 6.07 Å². The minimum atomic E-state index is -4.31. The normalized spacial score (nSPS) is 17.6. The number of benzene rings is 2. The maximum atomic E-state index is 12.8. The van der Waals surface area contributed by atoms with Gasteiger partial charge in [0.25, 0.3) is 5.91 Å². The molecule has 2 fully saturated rings. The van der Waals surface area contributed by atoms with Crippen molar-refractivity contribution >= 4 is 5.91 Å². The monoisotopic (exact) mass is 576 g/mol. The number of carbonyl (C=O) groups excluding carboxylic acids is 1. The fraction of sp³-hybridized carbons (Fsp3) is 0.406. The number of carbonyl (C=O) groups is 1. The molecule has 1 amide bonds. The third-order valence-electron chi connectivity index (χ3n) is 8.03. The van der Waals surface area contributed by atoms with Gasteiger partial charge in [-0.2, -0.15) is 18.4 Å². The maximum Gasteiger partial charge on any atom is 0.416 e. The van der Waals surface area contributed by atoms with E-state index in [9.17, 15) is 18.0 Å². The number of nitrogens with zero attached hydrogens (tertiary/aromatic N) is 5. The lowest BCUT2D eigenvalue weighted by atomic mass is 10.0. The highest BCUT2D eigenvalue weighted by Crippen LogP contribution is 2.29. The summed E-state index contributed by atoms with van der Waals surface area (Å²) in [5, 5.41) is 12.1. The van der Waals surface area contributed by atoms with Gasteiger partial charge in [-0.15, -0.1) is 0 Å². The van der Waals surface area contributed by atoms with Crippen LogP contribution in [0.25, 0.3) is 0 Å². The van der Waals surface area contributed by atoms with Gasteiger partial charge in [0.2, 0.25) is 0 Å². The molecule has 0 atom stereocenters. The minimum absolute atomic E-state index is 0.120. The number of amides is 1. The SMILES string of the molecule is N#Cc1ccc(CN2CCC(NC(=O)c3ccc(CN4CCN(Cc5ccc(C(F)(F)F)cc5)CC4)cn3)CC2)cc1. The fourth-order valence-electron chi connectivity index (χ4n) is 5.51. The maximum absolute atomic E-state index is 12.8. The van der Waals surface area contributed by atoms with Crippen LogP contribution in [0.1, 0.15) is 51.1 Å². The Morgan fingerprint density at radius 1 is 0.786 bits per heavy atom. The topological polar surface area (TPSA) is 75.5 Å². The Balaban J connectivity index is 1.01. The van der Waals surface area contributed by atoms with Gasteiger partial charge in [0, 0.05) is 71.1 Å². The molecule has 3 aromatic rings. The van der Waals surface area contributed by atoms with Crippen molar-refractivity contribution in [3.63, 3.8) is 0 Å². The molecular weight excluding hydrogens is 541 g/mol. The van der Waals surface area contributed by atoms with Gasteiger partial charge in [-0.25, -0.2) is 0 Å². The molecule has 2 aromatic carbocycles. The van der Waals surface area contributed by atoms with E-state index in [2.05, 4.69) is 31.1 Å². The first kappa shape index (κ1) is 29.7. The van der Waals surface area contributed by atoms with Crippen molar-refractivity contribution in [2.75, 3.05) is 39.3 Å². The summed E-state index contributed by atoms with van der Waals surface area (Å²) in [7, 11) is 0. The molecule has 10 heteroatoms. The second kappa shape index (κ2) is 13.5. The number of alkyl halides is 3. The predicted octanol–water partition coefficient (Wildman–Crippen LogP) is 4.68. The summed E-state index contributed by atoms with van der Waals surface area (Å²) < 4.78 is 38.4. The number of likely N-dealkylation sites (tertiary alicyclic amines) is 1. The number of hydrogen-bond acceptors (Lipinski definition) is 6. The molecule has 1 N–H and O–H groups in total. The second-order valence-corrected chi connectivity index (χ2v) is 11.1. The van der Waals surface area contributed by atoms with Gasteiger partial charge >= 0.3 is 6.18 Å². The average Bonchev–Trinajstić information content (AvgIpc) is 3.00. The van der Waals surface area contributed by atoms with E-state index in [0.29, 0.717) is 17.8 Å². The van der Waals surface area contributed by atoms with Crippen LogP contribution in [0.3, 0.4) is 0 Å². The summed E-state index contributed by atoms with van der Waals surface area (Å²) in [6.45, 7) is 7.38. The second-order valence-electron chi connectivity index (χ2n) is 11.1. The van der Waals surface area contributed by atoms with Crippen molar-refractivity contribution < 1.29 is 18.0 Å². The van der Waals surface area contributed by atoms with Crippen LogP contribution in [0.2, 0.25) is 0 Å². The quantitative estimate of drug-likeness (QED) is 0.420. The summed E-state index contributed by atoms with van der Waals surface area (Å²) in [6.07, 6.45) is -0.784. The Morgan fingerprint density at radius 2 is 1.29 bits per heavy atom. The number of nitriles is 1. The van der Waals surface area contributed by atoms with Crippen LogP contribution in [0.5, 0.6) is 0 Å². The number of piperidine rings is 1.